The molecular formula is C15H16N2O4. The molecule has 2 amide bonds. The van der Waals surface area contributed by atoms with Crippen LogP contribution in [-0.2, 0) is 16.0 Å². The summed E-state index contributed by atoms with van der Waals surface area (Å²) in [7, 11) is 0. The Bertz CT molecular complexity index is 626. The minimum absolute atomic E-state index is 0.0316. The minimum atomic E-state index is -0.823. The van der Waals surface area contributed by atoms with Gasteiger partial charge in [-0.3, -0.25) is 14.4 Å². The van der Waals surface area contributed by atoms with Crippen molar-refractivity contribution >= 4 is 23.5 Å². The third-order valence-electron chi connectivity index (χ3n) is 4.01. The molecule has 2 aliphatic heterocycles. The Hall–Kier alpha value is -2.37. The van der Waals surface area contributed by atoms with Gasteiger partial charge in [-0.2, -0.15) is 0 Å². The van der Waals surface area contributed by atoms with Gasteiger partial charge in [-0.25, -0.2) is 0 Å². The molecule has 0 aliphatic carbocycles. The van der Waals surface area contributed by atoms with Crippen LogP contribution in [0.3, 0.4) is 0 Å². The summed E-state index contributed by atoms with van der Waals surface area (Å²) in [4.78, 5) is 36.2. The topological polar surface area (TPSA) is 86.7 Å². The number of nitrogens with zero attached hydrogens (tertiary/aromatic N) is 1. The maximum atomic E-state index is 12.4. The SMILES string of the molecule is O=C(O)CC1CCN(C(=O)c2ccc3c(c2)CC(=O)N3)C1. The Morgan fingerprint density at radius 1 is 1.38 bits per heavy atom. The number of carboxylic acid groups (broad SMARTS) is 1. The van der Waals surface area contributed by atoms with Crippen LogP contribution in [0.1, 0.15) is 28.8 Å². The van der Waals surface area contributed by atoms with Gasteiger partial charge in [0.1, 0.15) is 0 Å². The zero-order valence-corrected chi connectivity index (χ0v) is 11.5. The van der Waals surface area contributed by atoms with Gasteiger partial charge >= 0.3 is 5.97 Å². The fourth-order valence-electron chi connectivity index (χ4n) is 2.98. The molecule has 2 heterocycles. The number of nitrogens with one attached hydrogen (secondary N) is 1. The molecule has 1 unspecified atom stereocenters. The highest BCUT2D eigenvalue weighted by atomic mass is 16.4. The van der Waals surface area contributed by atoms with Gasteiger partial charge in [0.15, 0.2) is 0 Å². The Kier molecular flexibility index (Phi) is 3.37. The largest absolute Gasteiger partial charge is 0.481 e. The number of carbonyl (C=O) groups excluding carboxylic acids is 2. The van der Waals surface area contributed by atoms with Gasteiger partial charge in [0.05, 0.1) is 6.42 Å². The lowest BCUT2D eigenvalue weighted by Crippen LogP contribution is -2.29. The van der Waals surface area contributed by atoms with Crippen LogP contribution in [0.5, 0.6) is 0 Å². The van der Waals surface area contributed by atoms with E-state index in [4.69, 9.17) is 5.11 Å². The van der Waals surface area contributed by atoms with E-state index >= 15 is 0 Å². The van der Waals surface area contributed by atoms with Crippen molar-refractivity contribution in [2.45, 2.75) is 19.3 Å². The number of fused-ring (bicyclic) bond motifs is 1. The number of likely N-dealkylation sites (tertiary alicyclic amines) is 1. The molecule has 0 radical (unpaired) electrons. The van der Waals surface area contributed by atoms with E-state index < -0.39 is 5.97 Å². The minimum Gasteiger partial charge on any atom is -0.481 e. The summed E-state index contributed by atoms with van der Waals surface area (Å²) >= 11 is 0. The number of aliphatic carboxylic acids is 1. The van der Waals surface area contributed by atoms with E-state index in [2.05, 4.69) is 5.32 Å². The predicted molar refractivity (Wildman–Crippen MR) is 75.0 cm³/mol. The summed E-state index contributed by atoms with van der Waals surface area (Å²) < 4.78 is 0. The zero-order valence-electron chi connectivity index (χ0n) is 11.5. The van der Waals surface area contributed by atoms with Gasteiger partial charge < -0.3 is 15.3 Å². The van der Waals surface area contributed by atoms with Gasteiger partial charge in [0, 0.05) is 30.8 Å². The van der Waals surface area contributed by atoms with Crippen molar-refractivity contribution in [3.05, 3.63) is 29.3 Å². The Morgan fingerprint density at radius 3 is 2.95 bits per heavy atom. The molecular weight excluding hydrogens is 272 g/mol. The molecule has 2 aliphatic rings. The molecule has 1 aromatic rings. The maximum absolute atomic E-state index is 12.4. The third-order valence-corrected chi connectivity index (χ3v) is 4.01. The fraction of sp³-hybridized carbons (Fsp3) is 0.400. The van der Waals surface area contributed by atoms with Crippen LogP contribution in [0, 0.1) is 5.92 Å². The van der Waals surface area contributed by atoms with Gasteiger partial charge in [-0.1, -0.05) is 0 Å². The van der Waals surface area contributed by atoms with E-state index in [0.29, 0.717) is 25.1 Å². The summed E-state index contributed by atoms with van der Waals surface area (Å²) in [6, 6.07) is 5.20. The Labute approximate surface area is 121 Å². The van der Waals surface area contributed by atoms with Crippen LogP contribution < -0.4 is 5.32 Å². The second-order valence-corrected chi connectivity index (χ2v) is 5.60. The van der Waals surface area contributed by atoms with Crippen molar-refractivity contribution in [2.75, 3.05) is 18.4 Å². The Morgan fingerprint density at radius 2 is 2.19 bits per heavy atom. The average molecular weight is 288 g/mol. The zero-order chi connectivity index (χ0) is 15.0. The van der Waals surface area contributed by atoms with E-state index in [1.54, 1.807) is 23.1 Å². The van der Waals surface area contributed by atoms with Crippen molar-refractivity contribution in [3.63, 3.8) is 0 Å². The first-order valence-corrected chi connectivity index (χ1v) is 6.97. The first kappa shape index (κ1) is 13.6. The number of hydrogen-bond donors (Lipinski definition) is 2. The molecule has 6 nitrogen and oxygen atoms in total. The van der Waals surface area contributed by atoms with Gasteiger partial charge in [-0.05, 0) is 36.1 Å². The lowest BCUT2D eigenvalue weighted by molar-refractivity contribution is -0.138. The molecule has 1 aromatic carbocycles. The smallest absolute Gasteiger partial charge is 0.303 e. The highest BCUT2D eigenvalue weighted by molar-refractivity contribution is 6.01. The number of rotatable bonds is 3. The molecule has 0 saturated carbocycles. The lowest BCUT2D eigenvalue weighted by atomic mass is 10.1. The number of carbonyl (C=O) groups is 3. The summed E-state index contributed by atoms with van der Waals surface area (Å²) in [5.74, 6) is -0.942. The molecule has 0 aromatic heterocycles. The molecule has 21 heavy (non-hydrogen) atoms. The van der Waals surface area contributed by atoms with Crippen LogP contribution >= 0.6 is 0 Å². The summed E-state index contributed by atoms with van der Waals surface area (Å²) in [6.45, 7) is 1.07. The first-order chi connectivity index (χ1) is 10.0. The van der Waals surface area contributed by atoms with Gasteiger partial charge in [-0.15, -0.1) is 0 Å². The van der Waals surface area contributed by atoms with E-state index in [9.17, 15) is 14.4 Å². The monoisotopic (exact) mass is 288 g/mol. The van der Waals surface area contributed by atoms with E-state index in [0.717, 1.165) is 17.7 Å². The van der Waals surface area contributed by atoms with Gasteiger partial charge in [0.2, 0.25) is 5.91 Å². The third kappa shape index (κ3) is 2.74. The maximum Gasteiger partial charge on any atom is 0.303 e. The molecule has 3 rings (SSSR count). The van der Waals surface area contributed by atoms with E-state index in [1.807, 2.05) is 0 Å². The van der Waals surface area contributed by atoms with Crippen LogP contribution in [0.2, 0.25) is 0 Å². The number of amides is 2. The Balaban J connectivity index is 1.71. The number of hydrogen-bond acceptors (Lipinski definition) is 3. The molecule has 1 saturated heterocycles. The fourth-order valence-corrected chi connectivity index (χ4v) is 2.98. The quantitative estimate of drug-likeness (QED) is 0.872. The van der Waals surface area contributed by atoms with Crippen molar-refractivity contribution in [1.82, 2.24) is 4.90 Å². The van der Waals surface area contributed by atoms with Crippen molar-refractivity contribution in [3.8, 4) is 0 Å². The van der Waals surface area contributed by atoms with E-state index in [1.165, 1.54) is 0 Å². The summed E-state index contributed by atoms with van der Waals surface area (Å²) in [6.07, 6.45) is 1.13. The number of carboxylic acids is 1. The van der Waals surface area contributed by atoms with E-state index in [-0.39, 0.29) is 24.2 Å². The summed E-state index contributed by atoms with van der Waals surface area (Å²) in [5, 5.41) is 11.5. The molecule has 2 N–H and O–H groups in total. The average Bonchev–Trinajstić information content (AvgIpc) is 3.01. The van der Waals surface area contributed by atoms with Crippen molar-refractivity contribution < 1.29 is 19.5 Å². The molecule has 0 bridgehead atoms. The normalized spacial score (nSPS) is 20.3. The number of anilines is 1. The first-order valence-electron chi connectivity index (χ1n) is 6.97. The molecule has 6 heteroatoms. The molecule has 1 fully saturated rings. The van der Waals surface area contributed by atoms with Crippen LogP contribution in [0.4, 0.5) is 5.69 Å². The molecule has 0 spiro atoms. The van der Waals surface area contributed by atoms with Crippen LogP contribution in [0.15, 0.2) is 18.2 Å². The number of benzene rings is 1. The van der Waals surface area contributed by atoms with Crippen LogP contribution in [0.25, 0.3) is 0 Å². The second-order valence-electron chi connectivity index (χ2n) is 5.60. The van der Waals surface area contributed by atoms with Crippen LogP contribution in [-0.4, -0.2) is 40.9 Å². The van der Waals surface area contributed by atoms with Crippen molar-refractivity contribution in [1.29, 1.82) is 0 Å². The second kappa shape index (κ2) is 5.20. The highest BCUT2D eigenvalue weighted by Crippen LogP contribution is 2.26. The standard InChI is InChI=1S/C15H16N2O4/c18-13-7-11-6-10(1-2-12(11)16-13)15(21)17-4-3-9(8-17)5-14(19)20/h1-2,6,9H,3-5,7-8H2,(H,16,18)(H,19,20). The molecule has 1 atom stereocenters. The lowest BCUT2D eigenvalue weighted by Gasteiger charge is -2.16. The van der Waals surface area contributed by atoms with Gasteiger partial charge in [0.25, 0.3) is 5.91 Å². The van der Waals surface area contributed by atoms with Crippen molar-refractivity contribution in [2.24, 2.45) is 5.92 Å². The summed E-state index contributed by atoms with van der Waals surface area (Å²) in [5.41, 5.74) is 2.16. The highest BCUT2D eigenvalue weighted by Gasteiger charge is 2.29. The predicted octanol–water partition coefficient (Wildman–Crippen LogP) is 1.12. The molecule has 110 valence electrons.